The third kappa shape index (κ3) is 3.38. The van der Waals surface area contributed by atoms with E-state index in [-0.39, 0.29) is 6.04 Å². The van der Waals surface area contributed by atoms with Crippen molar-refractivity contribution in [2.75, 3.05) is 5.32 Å². The molecule has 0 bridgehead atoms. The monoisotopic (exact) mass is 337 g/mol. The highest BCUT2D eigenvalue weighted by Gasteiger charge is 2.26. The Kier molecular flexibility index (Phi) is 4.66. The third-order valence-electron chi connectivity index (χ3n) is 5.44. The lowest BCUT2D eigenvalue weighted by Gasteiger charge is -2.20. The van der Waals surface area contributed by atoms with E-state index >= 15 is 0 Å². The Morgan fingerprint density at radius 2 is 2.08 bits per heavy atom. The van der Waals surface area contributed by atoms with E-state index in [0.29, 0.717) is 5.92 Å². The summed E-state index contributed by atoms with van der Waals surface area (Å²) in [5, 5.41) is 7.11. The maximum absolute atomic E-state index is 4.97. The van der Waals surface area contributed by atoms with Crippen molar-refractivity contribution in [1.82, 2.24) is 20.3 Å². The molecule has 2 aromatic heterocycles. The lowest BCUT2D eigenvalue weighted by Crippen LogP contribution is -2.16. The zero-order chi connectivity index (χ0) is 17.2. The van der Waals surface area contributed by atoms with Crippen molar-refractivity contribution in [2.24, 2.45) is 0 Å². The number of hydrogen-bond donors (Lipinski definition) is 2. The maximum Gasteiger partial charge on any atom is 0.135 e. The van der Waals surface area contributed by atoms with Crippen LogP contribution in [0.4, 0.5) is 5.82 Å². The molecule has 3 heterocycles. The first-order valence-corrected chi connectivity index (χ1v) is 9.54. The van der Waals surface area contributed by atoms with Crippen LogP contribution in [0.1, 0.15) is 79.3 Å². The van der Waals surface area contributed by atoms with Crippen LogP contribution in [-0.4, -0.2) is 15.0 Å². The SMILES string of the molecule is CC[C@@H](Nc1nc(C2CCCC2)nc2c1CNC2)c1cc(C)ccn1. The van der Waals surface area contributed by atoms with Crippen LogP contribution in [0.2, 0.25) is 0 Å². The zero-order valence-electron chi connectivity index (χ0n) is 15.2. The van der Waals surface area contributed by atoms with Gasteiger partial charge in [0.15, 0.2) is 0 Å². The molecular formula is C20H27N5. The van der Waals surface area contributed by atoms with E-state index < -0.39 is 0 Å². The number of aryl methyl sites for hydroxylation is 1. The zero-order valence-corrected chi connectivity index (χ0v) is 15.2. The molecule has 132 valence electrons. The van der Waals surface area contributed by atoms with E-state index in [1.54, 1.807) is 0 Å². The summed E-state index contributed by atoms with van der Waals surface area (Å²) in [6, 6.07) is 4.38. The fourth-order valence-electron chi connectivity index (χ4n) is 3.97. The van der Waals surface area contributed by atoms with Gasteiger partial charge in [0.1, 0.15) is 11.6 Å². The highest BCUT2D eigenvalue weighted by molar-refractivity contribution is 5.50. The van der Waals surface area contributed by atoms with E-state index in [9.17, 15) is 0 Å². The van der Waals surface area contributed by atoms with Gasteiger partial charge in [-0.15, -0.1) is 0 Å². The fourth-order valence-corrected chi connectivity index (χ4v) is 3.97. The Hall–Kier alpha value is -2.01. The molecule has 1 aliphatic carbocycles. The molecule has 1 saturated carbocycles. The van der Waals surface area contributed by atoms with Crippen molar-refractivity contribution in [1.29, 1.82) is 0 Å². The van der Waals surface area contributed by atoms with E-state index in [4.69, 9.17) is 9.97 Å². The minimum absolute atomic E-state index is 0.177. The van der Waals surface area contributed by atoms with Gasteiger partial charge in [-0.1, -0.05) is 19.8 Å². The molecule has 1 atom stereocenters. The Morgan fingerprint density at radius 1 is 1.24 bits per heavy atom. The molecular weight excluding hydrogens is 310 g/mol. The van der Waals surface area contributed by atoms with Crippen LogP contribution in [0.15, 0.2) is 18.3 Å². The van der Waals surface area contributed by atoms with Gasteiger partial charge < -0.3 is 10.6 Å². The molecule has 0 aromatic carbocycles. The topological polar surface area (TPSA) is 62.7 Å². The lowest BCUT2D eigenvalue weighted by atomic mass is 10.1. The van der Waals surface area contributed by atoms with Crippen molar-refractivity contribution >= 4 is 5.82 Å². The van der Waals surface area contributed by atoms with Crippen LogP contribution in [-0.2, 0) is 13.1 Å². The molecule has 0 amide bonds. The molecule has 0 saturated heterocycles. The maximum atomic E-state index is 4.97. The van der Waals surface area contributed by atoms with Crippen molar-refractivity contribution in [3.63, 3.8) is 0 Å². The summed E-state index contributed by atoms with van der Waals surface area (Å²) in [7, 11) is 0. The predicted octanol–water partition coefficient (Wildman–Crippen LogP) is 4.00. The van der Waals surface area contributed by atoms with Crippen molar-refractivity contribution in [2.45, 2.75) is 71.0 Å². The van der Waals surface area contributed by atoms with Crippen molar-refractivity contribution in [3.05, 3.63) is 46.7 Å². The summed E-state index contributed by atoms with van der Waals surface area (Å²) in [6.07, 6.45) is 7.92. The highest BCUT2D eigenvalue weighted by atomic mass is 15.1. The number of anilines is 1. The molecule has 2 aromatic rings. The first-order chi connectivity index (χ1) is 12.2. The summed E-state index contributed by atoms with van der Waals surface area (Å²) >= 11 is 0. The second kappa shape index (κ2) is 7.08. The van der Waals surface area contributed by atoms with E-state index in [2.05, 4.69) is 35.5 Å². The normalized spacial score (nSPS) is 18.3. The second-order valence-electron chi connectivity index (χ2n) is 7.30. The number of aromatic nitrogens is 3. The Bertz CT molecular complexity index is 752. The molecule has 25 heavy (non-hydrogen) atoms. The number of pyridine rings is 1. The van der Waals surface area contributed by atoms with Gasteiger partial charge in [0, 0.05) is 30.8 Å². The summed E-state index contributed by atoms with van der Waals surface area (Å²) in [5.74, 6) is 2.57. The van der Waals surface area contributed by atoms with E-state index in [1.807, 2.05) is 12.3 Å². The highest BCUT2D eigenvalue weighted by Crippen LogP contribution is 2.35. The lowest BCUT2D eigenvalue weighted by molar-refractivity contribution is 0.655. The number of fused-ring (bicyclic) bond motifs is 1. The molecule has 4 rings (SSSR count). The molecule has 0 spiro atoms. The Balaban J connectivity index is 1.66. The molecule has 0 radical (unpaired) electrons. The van der Waals surface area contributed by atoms with Gasteiger partial charge in [-0.25, -0.2) is 9.97 Å². The minimum atomic E-state index is 0.177. The van der Waals surface area contributed by atoms with E-state index in [1.165, 1.54) is 42.5 Å². The molecule has 5 nitrogen and oxygen atoms in total. The first-order valence-electron chi connectivity index (χ1n) is 9.54. The standard InChI is InChI=1S/C20H27N5/c1-3-16(17-10-13(2)8-9-22-17)23-20-15-11-21-12-18(15)24-19(25-20)14-6-4-5-7-14/h8-10,14,16,21H,3-7,11-12H2,1-2H3,(H,23,24,25)/t16-/m1/s1. The Morgan fingerprint density at radius 3 is 2.84 bits per heavy atom. The smallest absolute Gasteiger partial charge is 0.135 e. The summed E-state index contributed by atoms with van der Waals surface area (Å²) < 4.78 is 0. The van der Waals surface area contributed by atoms with Crippen LogP contribution in [0.3, 0.4) is 0 Å². The second-order valence-corrected chi connectivity index (χ2v) is 7.30. The van der Waals surface area contributed by atoms with Gasteiger partial charge in [-0.05, 0) is 43.9 Å². The quantitative estimate of drug-likeness (QED) is 0.863. The van der Waals surface area contributed by atoms with Crippen molar-refractivity contribution in [3.8, 4) is 0 Å². The van der Waals surface area contributed by atoms with Crippen LogP contribution in [0.5, 0.6) is 0 Å². The average Bonchev–Trinajstić information content (AvgIpc) is 3.30. The van der Waals surface area contributed by atoms with Crippen LogP contribution >= 0.6 is 0 Å². The first kappa shape index (κ1) is 16.5. The minimum Gasteiger partial charge on any atom is -0.361 e. The Labute approximate surface area is 149 Å². The van der Waals surface area contributed by atoms with Crippen LogP contribution < -0.4 is 10.6 Å². The van der Waals surface area contributed by atoms with Gasteiger partial charge in [0.2, 0.25) is 0 Å². The molecule has 2 aliphatic rings. The molecule has 1 fully saturated rings. The van der Waals surface area contributed by atoms with Gasteiger partial charge in [-0.2, -0.15) is 0 Å². The van der Waals surface area contributed by atoms with E-state index in [0.717, 1.165) is 36.8 Å². The predicted molar refractivity (Wildman–Crippen MR) is 99.4 cm³/mol. The molecule has 1 aliphatic heterocycles. The summed E-state index contributed by atoms with van der Waals surface area (Å²) in [6.45, 7) is 6.01. The number of nitrogens with zero attached hydrogens (tertiary/aromatic N) is 3. The average molecular weight is 337 g/mol. The number of hydrogen-bond acceptors (Lipinski definition) is 5. The van der Waals surface area contributed by atoms with Gasteiger partial charge in [0.25, 0.3) is 0 Å². The van der Waals surface area contributed by atoms with Crippen LogP contribution in [0, 0.1) is 6.92 Å². The van der Waals surface area contributed by atoms with Gasteiger partial charge in [0.05, 0.1) is 17.4 Å². The van der Waals surface area contributed by atoms with Gasteiger partial charge >= 0.3 is 0 Å². The third-order valence-corrected chi connectivity index (χ3v) is 5.44. The fraction of sp³-hybridized carbons (Fsp3) is 0.550. The largest absolute Gasteiger partial charge is 0.361 e. The summed E-state index contributed by atoms with van der Waals surface area (Å²) in [5.41, 5.74) is 4.73. The molecule has 2 N–H and O–H groups in total. The van der Waals surface area contributed by atoms with Crippen LogP contribution in [0.25, 0.3) is 0 Å². The number of rotatable bonds is 5. The number of nitrogens with one attached hydrogen (secondary N) is 2. The van der Waals surface area contributed by atoms with Gasteiger partial charge in [-0.3, -0.25) is 4.98 Å². The molecule has 0 unspecified atom stereocenters. The van der Waals surface area contributed by atoms with Crippen molar-refractivity contribution < 1.29 is 0 Å². The molecule has 5 heteroatoms. The summed E-state index contributed by atoms with van der Waals surface area (Å²) in [4.78, 5) is 14.4.